The van der Waals surface area contributed by atoms with Crippen molar-refractivity contribution < 1.29 is 5.11 Å². The van der Waals surface area contributed by atoms with Crippen molar-refractivity contribution in [3.63, 3.8) is 0 Å². The molecule has 1 N–H and O–H groups in total. The van der Waals surface area contributed by atoms with Gasteiger partial charge in [0.15, 0.2) is 0 Å². The minimum Gasteiger partial charge on any atom is -0.387 e. The standard InChI is InChI=1S/C12H15ClO/c13-8-12(14)11-6-5-9-3-1-2-4-10(9)7-11/h5-7,12,14H,1-4,8H2. The fraction of sp³-hybridized carbons (Fsp3) is 0.500. The van der Waals surface area contributed by atoms with Gasteiger partial charge >= 0.3 is 0 Å². The highest BCUT2D eigenvalue weighted by Gasteiger charge is 2.12. The number of hydrogen-bond donors (Lipinski definition) is 1. The van der Waals surface area contributed by atoms with Gasteiger partial charge in [-0.2, -0.15) is 0 Å². The highest BCUT2D eigenvalue weighted by molar-refractivity contribution is 6.18. The Labute approximate surface area is 89.7 Å². The average molecular weight is 211 g/mol. The molecule has 2 heteroatoms. The van der Waals surface area contributed by atoms with Gasteiger partial charge in [0.25, 0.3) is 0 Å². The lowest BCUT2D eigenvalue weighted by atomic mass is 9.90. The fourth-order valence-corrected chi connectivity index (χ4v) is 2.23. The molecule has 1 aliphatic rings. The Balaban J connectivity index is 2.29. The van der Waals surface area contributed by atoms with Gasteiger partial charge in [0.05, 0.1) is 12.0 Å². The molecule has 0 saturated heterocycles. The van der Waals surface area contributed by atoms with Crippen molar-refractivity contribution in [2.24, 2.45) is 0 Å². The lowest BCUT2D eigenvalue weighted by molar-refractivity contribution is 0.202. The van der Waals surface area contributed by atoms with Crippen LogP contribution in [0.1, 0.15) is 35.6 Å². The van der Waals surface area contributed by atoms with Gasteiger partial charge < -0.3 is 5.11 Å². The second-order valence-electron chi connectivity index (χ2n) is 3.91. The van der Waals surface area contributed by atoms with Crippen LogP contribution >= 0.6 is 11.6 Å². The van der Waals surface area contributed by atoms with Crippen LogP contribution in [-0.4, -0.2) is 11.0 Å². The molecule has 1 atom stereocenters. The third-order valence-electron chi connectivity index (χ3n) is 2.90. The van der Waals surface area contributed by atoms with E-state index in [-0.39, 0.29) is 5.88 Å². The van der Waals surface area contributed by atoms with E-state index in [0.29, 0.717) is 0 Å². The summed E-state index contributed by atoms with van der Waals surface area (Å²) in [6.45, 7) is 0. The number of hydrogen-bond acceptors (Lipinski definition) is 1. The van der Waals surface area contributed by atoms with Gasteiger partial charge in [-0.3, -0.25) is 0 Å². The summed E-state index contributed by atoms with van der Waals surface area (Å²) in [5.41, 5.74) is 3.81. The molecule has 0 bridgehead atoms. The number of fused-ring (bicyclic) bond motifs is 1. The predicted molar refractivity (Wildman–Crippen MR) is 58.8 cm³/mol. The van der Waals surface area contributed by atoms with E-state index in [9.17, 15) is 5.11 Å². The molecule has 1 aromatic rings. The number of rotatable bonds is 2. The highest BCUT2D eigenvalue weighted by Crippen LogP contribution is 2.25. The quantitative estimate of drug-likeness (QED) is 0.745. The van der Waals surface area contributed by atoms with E-state index in [0.717, 1.165) is 12.0 Å². The summed E-state index contributed by atoms with van der Waals surface area (Å²) in [7, 11) is 0. The molecule has 0 aliphatic heterocycles. The van der Waals surface area contributed by atoms with Crippen LogP contribution in [0.2, 0.25) is 0 Å². The molecule has 1 aliphatic carbocycles. The van der Waals surface area contributed by atoms with Crippen LogP contribution < -0.4 is 0 Å². The molecule has 1 aromatic carbocycles. The molecule has 0 fully saturated rings. The maximum Gasteiger partial charge on any atom is 0.0925 e. The van der Waals surface area contributed by atoms with E-state index in [2.05, 4.69) is 12.1 Å². The average Bonchev–Trinajstić information content (AvgIpc) is 2.27. The first kappa shape index (κ1) is 10.0. The largest absolute Gasteiger partial charge is 0.387 e. The minimum atomic E-state index is -0.510. The van der Waals surface area contributed by atoms with E-state index in [1.165, 1.54) is 30.4 Å². The summed E-state index contributed by atoms with van der Waals surface area (Å²) < 4.78 is 0. The SMILES string of the molecule is OC(CCl)c1ccc2c(c1)CCCC2. The van der Waals surface area contributed by atoms with Crippen LogP contribution in [0, 0.1) is 0 Å². The number of aryl methyl sites for hydroxylation is 2. The van der Waals surface area contributed by atoms with E-state index in [1.807, 2.05) is 6.07 Å². The Morgan fingerprint density at radius 1 is 1.21 bits per heavy atom. The monoisotopic (exact) mass is 210 g/mol. The molecule has 0 spiro atoms. The van der Waals surface area contributed by atoms with E-state index in [1.54, 1.807) is 0 Å². The van der Waals surface area contributed by atoms with Crippen molar-refractivity contribution in [1.82, 2.24) is 0 Å². The van der Waals surface area contributed by atoms with Gasteiger partial charge in [-0.25, -0.2) is 0 Å². The van der Waals surface area contributed by atoms with Gasteiger partial charge in [0.1, 0.15) is 0 Å². The molecule has 0 heterocycles. The predicted octanol–water partition coefficient (Wildman–Crippen LogP) is 2.84. The summed E-state index contributed by atoms with van der Waals surface area (Å²) >= 11 is 5.62. The van der Waals surface area contributed by atoms with Crippen molar-refractivity contribution in [2.75, 3.05) is 5.88 Å². The molecule has 0 saturated carbocycles. The Morgan fingerprint density at radius 3 is 2.64 bits per heavy atom. The normalized spacial score (nSPS) is 17.6. The van der Waals surface area contributed by atoms with Gasteiger partial charge in [-0.1, -0.05) is 18.2 Å². The number of benzene rings is 1. The zero-order chi connectivity index (χ0) is 9.97. The van der Waals surface area contributed by atoms with Crippen LogP contribution in [0.25, 0.3) is 0 Å². The lowest BCUT2D eigenvalue weighted by Gasteiger charge is -2.17. The van der Waals surface area contributed by atoms with Crippen LogP contribution in [0.15, 0.2) is 18.2 Å². The Hall–Kier alpha value is -0.530. The molecule has 1 unspecified atom stereocenters. The third-order valence-corrected chi connectivity index (χ3v) is 3.20. The van der Waals surface area contributed by atoms with Gasteiger partial charge in [0.2, 0.25) is 0 Å². The second kappa shape index (κ2) is 4.33. The summed E-state index contributed by atoms with van der Waals surface area (Å²) in [6, 6.07) is 6.25. The first-order chi connectivity index (χ1) is 6.81. The van der Waals surface area contributed by atoms with E-state index >= 15 is 0 Å². The number of aliphatic hydroxyl groups is 1. The maximum absolute atomic E-state index is 9.60. The second-order valence-corrected chi connectivity index (χ2v) is 4.21. The zero-order valence-corrected chi connectivity index (χ0v) is 8.93. The van der Waals surface area contributed by atoms with Crippen molar-refractivity contribution >= 4 is 11.6 Å². The molecule has 14 heavy (non-hydrogen) atoms. The first-order valence-corrected chi connectivity index (χ1v) is 5.70. The molecule has 2 rings (SSSR count). The topological polar surface area (TPSA) is 20.2 Å². The summed E-state index contributed by atoms with van der Waals surface area (Å²) in [5, 5.41) is 9.60. The fourth-order valence-electron chi connectivity index (χ4n) is 2.05. The van der Waals surface area contributed by atoms with E-state index < -0.39 is 6.10 Å². The van der Waals surface area contributed by atoms with Crippen LogP contribution in [-0.2, 0) is 12.8 Å². The Bertz CT molecular complexity index is 322. The number of aliphatic hydroxyl groups excluding tert-OH is 1. The van der Waals surface area contributed by atoms with Crippen molar-refractivity contribution in [2.45, 2.75) is 31.8 Å². The molecular formula is C12H15ClO. The van der Waals surface area contributed by atoms with Crippen LogP contribution in [0.4, 0.5) is 0 Å². The molecule has 76 valence electrons. The zero-order valence-electron chi connectivity index (χ0n) is 8.17. The van der Waals surface area contributed by atoms with Gasteiger partial charge in [0, 0.05) is 0 Å². The Kier molecular flexibility index (Phi) is 3.09. The molecular weight excluding hydrogens is 196 g/mol. The van der Waals surface area contributed by atoms with Crippen LogP contribution in [0.5, 0.6) is 0 Å². The van der Waals surface area contributed by atoms with Crippen molar-refractivity contribution in [3.05, 3.63) is 34.9 Å². The lowest BCUT2D eigenvalue weighted by Crippen LogP contribution is -2.05. The Morgan fingerprint density at radius 2 is 1.93 bits per heavy atom. The summed E-state index contributed by atoms with van der Waals surface area (Å²) in [6.07, 6.45) is 4.40. The number of halogens is 1. The summed E-state index contributed by atoms with van der Waals surface area (Å²) in [4.78, 5) is 0. The summed E-state index contributed by atoms with van der Waals surface area (Å²) in [5.74, 6) is 0.277. The van der Waals surface area contributed by atoms with Crippen LogP contribution in [0.3, 0.4) is 0 Å². The highest BCUT2D eigenvalue weighted by atomic mass is 35.5. The van der Waals surface area contributed by atoms with Gasteiger partial charge in [-0.05, 0) is 42.4 Å². The molecule has 1 nitrogen and oxygen atoms in total. The smallest absolute Gasteiger partial charge is 0.0925 e. The first-order valence-electron chi connectivity index (χ1n) is 5.17. The van der Waals surface area contributed by atoms with Gasteiger partial charge in [-0.15, -0.1) is 11.6 Å². The van der Waals surface area contributed by atoms with E-state index in [4.69, 9.17) is 11.6 Å². The molecule has 0 radical (unpaired) electrons. The third kappa shape index (κ3) is 1.94. The molecule has 0 amide bonds. The minimum absolute atomic E-state index is 0.277. The van der Waals surface area contributed by atoms with Crippen molar-refractivity contribution in [3.8, 4) is 0 Å². The van der Waals surface area contributed by atoms with Crippen molar-refractivity contribution in [1.29, 1.82) is 0 Å². The number of alkyl halides is 1. The molecule has 0 aromatic heterocycles. The maximum atomic E-state index is 9.60.